The van der Waals surface area contributed by atoms with E-state index < -0.39 is 5.97 Å². The average molecular weight is 633 g/mol. The Labute approximate surface area is 278 Å². The zero-order valence-corrected chi connectivity index (χ0v) is 30.1. The number of hydrogen-bond donors (Lipinski definition) is 2. The molecule has 0 bridgehead atoms. The van der Waals surface area contributed by atoms with E-state index in [4.69, 9.17) is 9.78 Å². The molecule has 5 nitrogen and oxygen atoms in total. The van der Waals surface area contributed by atoms with E-state index in [9.17, 15) is 15.0 Å². The van der Waals surface area contributed by atoms with Crippen molar-refractivity contribution in [1.29, 1.82) is 0 Å². The predicted octanol–water partition coefficient (Wildman–Crippen LogP) is 12.9. The van der Waals surface area contributed by atoms with Gasteiger partial charge in [0.15, 0.2) is 5.75 Å². The minimum absolute atomic E-state index is 0.0331. The first-order chi connectivity index (χ1) is 22.0. The molecule has 0 atom stereocenters. The highest BCUT2D eigenvalue weighted by Crippen LogP contribution is 2.42. The van der Waals surface area contributed by atoms with Gasteiger partial charge < -0.3 is 15.1 Å². The average Bonchev–Trinajstić information content (AvgIpc) is 3.03. The molecule has 5 heteroatoms. The first-order valence-electron chi connectivity index (χ1n) is 19.4. The van der Waals surface area contributed by atoms with E-state index in [1.807, 2.05) is 0 Å². The minimum atomic E-state index is -1.07. The molecule has 0 amide bonds. The Morgan fingerprint density at radius 1 is 0.489 bits per heavy atom. The zero-order chi connectivity index (χ0) is 33.0. The van der Waals surface area contributed by atoms with Crippen molar-refractivity contribution in [1.82, 2.24) is 0 Å². The van der Waals surface area contributed by atoms with Crippen molar-refractivity contribution in [3.8, 4) is 11.5 Å². The van der Waals surface area contributed by atoms with E-state index >= 15 is 0 Å². The summed E-state index contributed by atoms with van der Waals surface area (Å²) >= 11 is 0. The SMILES string of the molecule is CCCCCCCCCOOc1c(O)c(C(=O)O)c(CCCCCCCC)c(CCCCCCCC)c1CCCCCCCC. The second-order valence-electron chi connectivity index (χ2n) is 13.4. The quantitative estimate of drug-likeness (QED) is 0.0469. The van der Waals surface area contributed by atoms with Crippen LogP contribution in [0.15, 0.2) is 0 Å². The molecule has 0 radical (unpaired) electrons. The molecule has 1 aromatic rings. The lowest BCUT2D eigenvalue weighted by Crippen LogP contribution is -2.14. The number of aromatic hydroxyl groups is 1. The maximum atomic E-state index is 12.7. The predicted molar refractivity (Wildman–Crippen MR) is 191 cm³/mol. The highest BCUT2D eigenvalue weighted by molar-refractivity contribution is 5.94. The monoisotopic (exact) mass is 633 g/mol. The molecule has 1 rings (SSSR count). The normalized spacial score (nSPS) is 11.4. The molecule has 0 saturated heterocycles. The van der Waals surface area contributed by atoms with Gasteiger partial charge in [0.1, 0.15) is 5.56 Å². The van der Waals surface area contributed by atoms with Crippen LogP contribution in [0.1, 0.15) is 215 Å². The summed E-state index contributed by atoms with van der Waals surface area (Å²) in [7, 11) is 0. The topological polar surface area (TPSA) is 76.0 Å². The summed E-state index contributed by atoms with van der Waals surface area (Å²) in [5, 5.41) is 21.9. The van der Waals surface area contributed by atoms with Crippen LogP contribution in [0, 0.1) is 0 Å². The Balaban J connectivity index is 3.25. The van der Waals surface area contributed by atoms with Gasteiger partial charge >= 0.3 is 5.97 Å². The maximum absolute atomic E-state index is 12.7. The third kappa shape index (κ3) is 18.2. The van der Waals surface area contributed by atoms with Gasteiger partial charge in [-0.1, -0.05) is 163 Å². The van der Waals surface area contributed by atoms with Crippen molar-refractivity contribution in [3.05, 3.63) is 22.3 Å². The Kier molecular flexibility index (Phi) is 26.1. The van der Waals surface area contributed by atoms with Crippen LogP contribution in [0.3, 0.4) is 0 Å². The Bertz CT molecular complexity index is 865. The Morgan fingerprint density at radius 3 is 1.27 bits per heavy atom. The number of carboxylic acids is 1. The van der Waals surface area contributed by atoms with Gasteiger partial charge in [0.25, 0.3) is 0 Å². The fourth-order valence-corrected chi connectivity index (χ4v) is 6.50. The van der Waals surface area contributed by atoms with Crippen LogP contribution in [-0.4, -0.2) is 22.8 Å². The number of unbranched alkanes of at least 4 members (excludes halogenated alkanes) is 21. The molecule has 0 fully saturated rings. The molecule has 0 saturated carbocycles. The van der Waals surface area contributed by atoms with Crippen molar-refractivity contribution in [2.75, 3.05) is 6.61 Å². The second kappa shape index (κ2) is 28.5. The number of carboxylic acid groups (broad SMARTS) is 1. The lowest BCUT2D eigenvalue weighted by molar-refractivity contribution is -0.208. The molecule has 0 aliphatic heterocycles. The van der Waals surface area contributed by atoms with Crippen LogP contribution < -0.4 is 4.89 Å². The molecule has 0 aliphatic carbocycles. The van der Waals surface area contributed by atoms with Crippen molar-refractivity contribution < 1.29 is 24.8 Å². The maximum Gasteiger partial charge on any atom is 0.339 e. The van der Waals surface area contributed by atoms with Gasteiger partial charge in [0.05, 0.1) is 6.61 Å². The van der Waals surface area contributed by atoms with Crippen LogP contribution in [0.25, 0.3) is 0 Å². The largest absolute Gasteiger partial charge is 0.504 e. The zero-order valence-electron chi connectivity index (χ0n) is 30.1. The smallest absolute Gasteiger partial charge is 0.339 e. The van der Waals surface area contributed by atoms with E-state index in [1.165, 1.54) is 109 Å². The van der Waals surface area contributed by atoms with Gasteiger partial charge in [-0.05, 0) is 56.1 Å². The molecule has 2 N–H and O–H groups in total. The molecular weight excluding hydrogens is 560 g/mol. The van der Waals surface area contributed by atoms with E-state index in [0.717, 1.165) is 80.9 Å². The number of rotatable bonds is 32. The number of hydrogen-bond acceptors (Lipinski definition) is 4. The molecule has 0 aromatic heterocycles. The number of benzene rings is 1. The number of aromatic carboxylic acids is 1. The summed E-state index contributed by atoms with van der Waals surface area (Å²) < 4.78 is 0. The van der Waals surface area contributed by atoms with Crippen LogP contribution in [0.4, 0.5) is 0 Å². The minimum Gasteiger partial charge on any atom is -0.504 e. The van der Waals surface area contributed by atoms with E-state index in [2.05, 4.69) is 27.7 Å². The standard InChI is InChI=1S/C40H72O5/c1-5-9-13-17-21-25-29-33-44-45-39-36(32-28-24-20-16-12-8-4)34(30-26-22-18-14-10-6-2)35(37(38(39)41)40(42)43)31-27-23-19-15-11-7-3/h41H,5-33H2,1-4H3,(H,42,43). The summed E-state index contributed by atoms with van der Waals surface area (Å²) in [6.07, 6.45) is 31.6. The van der Waals surface area contributed by atoms with Crippen LogP contribution in [0.2, 0.25) is 0 Å². The van der Waals surface area contributed by atoms with Crippen LogP contribution in [0.5, 0.6) is 11.5 Å². The van der Waals surface area contributed by atoms with E-state index in [-0.39, 0.29) is 17.1 Å². The van der Waals surface area contributed by atoms with Gasteiger partial charge in [-0.2, -0.15) is 4.89 Å². The molecule has 0 spiro atoms. The third-order valence-corrected chi connectivity index (χ3v) is 9.28. The van der Waals surface area contributed by atoms with Crippen molar-refractivity contribution >= 4 is 5.97 Å². The summed E-state index contributed by atoms with van der Waals surface area (Å²) in [6.45, 7) is 9.38. The van der Waals surface area contributed by atoms with Gasteiger partial charge in [0, 0.05) is 5.56 Å². The van der Waals surface area contributed by atoms with E-state index in [0.29, 0.717) is 13.0 Å². The van der Waals surface area contributed by atoms with E-state index in [1.54, 1.807) is 0 Å². The summed E-state index contributed by atoms with van der Waals surface area (Å²) in [6, 6.07) is 0. The van der Waals surface area contributed by atoms with Crippen LogP contribution >= 0.6 is 0 Å². The highest BCUT2D eigenvalue weighted by Gasteiger charge is 2.28. The number of carbonyl (C=O) groups is 1. The summed E-state index contributed by atoms with van der Waals surface area (Å²) in [4.78, 5) is 24.3. The first kappa shape index (κ1) is 41.3. The molecule has 0 unspecified atom stereocenters. The van der Waals surface area contributed by atoms with Gasteiger partial charge in [-0.25, -0.2) is 4.79 Å². The lowest BCUT2D eigenvalue weighted by Gasteiger charge is -2.23. The Hall–Kier alpha value is -1.75. The number of phenols is 1. The van der Waals surface area contributed by atoms with Gasteiger partial charge in [-0.15, -0.1) is 0 Å². The lowest BCUT2D eigenvalue weighted by atomic mass is 9.85. The van der Waals surface area contributed by atoms with Crippen molar-refractivity contribution in [3.63, 3.8) is 0 Å². The van der Waals surface area contributed by atoms with Crippen molar-refractivity contribution in [2.24, 2.45) is 0 Å². The second-order valence-corrected chi connectivity index (χ2v) is 13.4. The molecule has 262 valence electrons. The van der Waals surface area contributed by atoms with Crippen LogP contribution in [-0.2, 0) is 24.2 Å². The third-order valence-electron chi connectivity index (χ3n) is 9.28. The molecule has 0 aliphatic rings. The first-order valence-corrected chi connectivity index (χ1v) is 19.4. The molecule has 1 aromatic carbocycles. The highest BCUT2D eigenvalue weighted by atomic mass is 17.2. The van der Waals surface area contributed by atoms with Crippen molar-refractivity contribution in [2.45, 2.75) is 207 Å². The molecule has 0 heterocycles. The summed E-state index contributed by atoms with van der Waals surface area (Å²) in [5.41, 5.74) is 2.97. The fourth-order valence-electron chi connectivity index (χ4n) is 6.50. The van der Waals surface area contributed by atoms with Gasteiger partial charge in [0.2, 0.25) is 5.75 Å². The summed E-state index contributed by atoms with van der Waals surface area (Å²) in [5.74, 6) is -1.05. The van der Waals surface area contributed by atoms with Gasteiger partial charge in [-0.3, -0.25) is 0 Å². The molecular formula is C40H72O5. The fraction of sp³-hybridized carbons (Fsp3) is 0.825. The molecule has 45 heavy (non-hydrogen) atoms. The Morgan fingerprint density at radius 2 is 0.844 bits per heavy atom.